The van der Waals surface area contributed by atoms with Crippen molar-refractivity contribution in [3.63, 3.8) is 0 Å². The average molecular weight is 291 g/mol. The van der Waals surface area contributed by atoms with E-state index >= 15 is 0 Å². The second-order valence-corrected chi connectivity index (χ2v) is 5.55. The molecule has 0 aliphatic heterocycles. The molecule has 0 fully saturated rings. The number of carbonyl (C=O) groups excluding carboxylic acids is 1. The van der Waals surface area contributed by atoms with Crippen molar-refractivity contribution in [3.05, 3.63) is 33.9 Å². The molecular formula is C13H17N5OS. The zero-order chi connectivity index (χ0) is 14.7. The average Bonchev–Trinajstić information content (AvgIpc) is 2.89. The summed E-state index contributed by atoms with van der Waals surface area (Å²) in [7, 11) is 0. The van der Waals surface area contributed by atoms with Crippen molar-refractivity contribution in [3.8, 4) is 0 Å². The first kappa shape index (κ1) is 14.3. The fraction of sp³-hybridized carbons (Fsp3) is 0.308. The lowest BCUT2D eigenvalue weighted by Crippen LogP contribution is -2.15. The largest absolute Gasteiger partial charge is 0.397 e. The number of nitrogens with two attached hydrogens (primary N) is 2. The Labute approximate surface area is 121 Å². The van der Waals surface area contributed by atoms with Gasteiger partial charge in [-0.05, 0) is 19.4 Å². The van der Waals surface area contributed by atoms with Crippen LogP contribution in [0.3, 0.4) is 0 Å². The van der Waals surface area contributed by atoms with E-state index in [9.17, 15) is 4.79 Å². The lowest BCUT2D eigenvalue weighted by Gasteiger charge is -2.13. The highest BCUT2D eigenvalue weighted by atomic mass is 32.1. The van der Waals surface area contributed by atoms with Crippen LogP contribution >= 0.6 is 11.3 Å². The van der Waals surface area contributed by atoms with Crippen molar-refractivity contribution in [2.24, 2.45) is 5.73 Å². The standard InChI is InChI=1S/C13H17N5OS/c1-3-8-5-17-13(20-8)7(2)18-11-4-9(12(15)19)10(14)6-16-11/h4-7H,3,14H2,1-2H3,(H2,15,19)(H,16,18). The summed E-state index contributed by atoms with van der Waals surface area (Å²) in [6.07, 6.45) is 4.27. The number of thiazole rings is 1. The number of amides is 1. The number of nitrogens with zero attached hydrogens (tertiary/aromatic N) is 2. The Morgan fingerprint density at radius 1 is 1.45 bits per heavy atom. The van der Waals surface area contributed by atoms with Gasteiger partial charge in [0.15, 0.2) is 0 Å². The first-order valence-electron chi connectivity index (χ1n) is 6.27. The molecule has 0 radical (unpaired) electrons. The monoisotopic (exact) mass is 291 g/mol. The molecule has 0 saturated carbocycles. The predicted molar refractivity (Wildman–Crippen MR) is 80.7 cm³/mol. The van der Waals surface area contributed by atoms with Gasteiger partial charge in [-0.1, -0.05) is 6.92 Å². The number of primary amides is 1. The lowest BCUT2D eigenvalue weighted by atomic mass is 10.2. The van der Waals surface area contributed by atoms with Crippen molar-refractivity contribution in [1.29, 1.82) is 0 Å². The van der Waals surface area contributed by atoms with E-state index in [0.717, 1.165) is 11.4 Å². The summed E-state index contributed by atoms with van der Waals surface area (Å²) in [6, 6.07) is 1.56. The van der Waals surface area contributed by atoms with Gasteiger partial charge in [-0.15, -0.1) is 11.3 Å². The van der Waals surface area contributed by atoms with Crippen LogP contribution in [0, 0.1) is 0 Å². The van der Waals surface area contributed by atoms with Crippen molar-refractivity contribution in [1.82, 2.24) is 9.97 Å². The highest BCUT2D eigenvalue weighted by molar-refractivity contribution is 7.11. The van der Waals surface area contributed by atoms with Crippen molar-refractivity contribution >= 4 is 28.7 Å². The zero-order valence-electron chi connectivity index (χ0n) is 11.4. The van der Waals surface area contributed by atoms with Gasteiger partial charge in [0.2, 0.25) is 0 Å². The maximum atomic E-state index is 11.2. The van der Waals surface area contributed by atoms with Gasteiger partial charge in [0.1, 0.15) is 10.8 Å². The van der Waals surface area contributed by atoms with Gasteiger partial charge in [0.05, 0.1) is 23.5 Å². The summed E-state index contributed by atoms with van der Waals surface area (Å²) < 4.78 is 0. The summed E-state index contributed by atoms with van der Waals surface area (Å²) >= 11 is 1.66. The van der Waals surface area contributed by atoms with E-state index in [2.05, 4.69) is 22.2 Å². The fourth-order valence-electron chi connectivity index (χ4n) is 1.73. The molecule has 2 heterocycles. The number of carbonyl (C=O) groups is 1. The van der Waals surface area contributed by atoms with Gasteiger partial charge >= 0.3 is 0 Å². The number of aryl methyl sites for hydroxylation is 1. The molecule has 1 amide bonds. The maximum Gasteiger partial charge on any atom is 0.250 e. The second-order valence-electron chi connectivity index (χ2n) is 4.41. The third kappa shape index (κ3) is 3.05. The van der Waals surface area contributed by atoms with Crippen LogP contribution in [-0.2, 0) is 6.42 Å². The summed E-state index contributed by atoms with van der Waals surface area (Å²) in [5, 5.41) is 4.16. The number of nitrogens with one attached hydrogen (secondary N) is 1. The molecule has 0 aromatic carbocycles. The molecule has 0 spiro atoms. The van der Waals surface area contributed by atoms with E-state index in [1.54, 1.807) is 17.4 Å². The summed E-state index contributed by atoms with van der Waals surface area (Å²) in [6.45, 7) is 4.08. The Morgan fingerprint density at radius 2 is 2.20 bits per heavy atom. The van der Waals surface area contributed by atoms with Crippen LogP contribution in [0.15, 0.2) is 18.5 Å². The molecule has 2 rings (SSSR count). The molecule has 2 aromatic rings. The van der Waals surface area contributed by atoms with E-state index in [1.165, 1.54) is 11.1 Å². The molecule has 1 atom stereocenters. The van der Waals surface area contributed by atoms with Crippen LogP contribution in [0.25, 0.3) is 0 Å². The summed E-state index contributed by atoms with van der Waals surface area (Å²) in [5.74, 6) is -0.0168. The first-order valence-corrected chi connectivity index (χ1v) is 7.09. The third-order valence-corrected chi connectivity index (χ3v) is 4.18. The summed E-state index contributed by atoms with van der Waals surface area (Å²) in [4.78, 5) is 21.0. The molecule has 0 bridgehead atoms. The fourth-order valence-corrected chi connectivity index (χ4v) is 2.59. The number of nitrogen functional groups attached to an aromatic ring is 1. The van der Waals surface area contributed by atoms with Gasteiger partial charge < -0.3 is 16.8 Å². The molecule has 7 heteroatoms. The van der Waals surface area contributed by atoms with E-state index in [1.807, 2.05) is 13.1 Å². The van der Waals surface area contributed by atoms with E-state index in [4.69, 9.17) is 11.5 Å². The van der Waals surface area contributed by atoms with Gasteiger partial charge in [-0.25, -0.2) is 9.97 Å². The van der Waals surface area contributed by atoms with Crippen LogP contribution < -0.4 is 16.8 Å². The summed E-state index contributed by atoms with van der Waals surface area (Å²) in [5.41, 5.74) is 11.5. The number of aromatic nitrogens is 2. The molecule has 0 aliphatic rings. The number of anilines is 2. The first-order chi connectivity index (χ1) is 9.51. The van der Waals surface area contributed by atoms with E-state index in [-0.39, 0.29) is 17.3 Å². The minimum absolute atomic E-state index is 0.00264. The Hall–Kier alpha value is -2.15. The normalized spacial score (nSPS) is 12.1. The van der Waals surface area contributed by atoms with Gasteiger partial charge in [-0.3, -0.25) is 4.79 Å². The smallest absolute Gasteiger partial charge is 0.250 e. The number of rotatable bonds is 5. The second kappa shape index (κ2) is 5.87. The van der Waals surface area contributed by atoms with Crippen molar-refractivity contribution in [2.75, 3.05) is 11.1 Å². The molecule has 5 N–H and O–H groups in total. The third-order valence-electron chi connectivity index (χ3n) is 2.85. The van der Waals surface area contributed by atoms with E-state index in [0.29, 0.717) is 5.82 Å². The van der Waals surface area contributed by atoms with Crippen LogP contribution in [0.1, 0.15) is 40.1 Å². The molecule has 0 aliphatic carbocycles. The highest BCUT2D eigenvalue weighted by Crippen LogP contribution is 2.24. The zero-order valence-corrected chi connectivity index (χ0v) is 12.2. The van der Waals surface area contributed by atoms with E-state index < -0.39 is 5.91 Å². The number of pyridine rings is 1. The molecule has 1 unspecified atom stereocenters. The number of hydrogen-bond donors (Lipinski definition) is 3. The minimum Gasteiger partial charge on any atom is -0.397 e. The van der Waals surface area contributed by atoms with Gasteiger partial charge in [-0.2, -0.15) is 0 Å². The Balaban J connectivity index is 2.17. The van der Waals surface area contributed by atoms with Gasteiger partial charge in [0, 0.05) is 11.1 Å². The molecule has 6 nitrogen and oxygen atoms in total. The van der Waals surface area contributed by atoms with Crippen LogP contribution in [-0.4, -0.2) is 15.9 Å². The quantitative estimate of drug-likeness (QED) is 0.780. The van der Waals surface area contributed by atoms with Crippen LogP contribution in [0.4, 0.5) is 11.5 Å². The van der Waals surface area contributed by atoms with Crippen molar-refractivity contribution in [2.45, 2.75) is 26.3 Å². The Kier molecular flexibility index (Phi) is 4.19. The lowest BCUT2D eigenvalue weighted by molar-refractivity contribution is 0.100. The Morgan fingerprint density at radius 3 is 2.80 bits per heavy atom. The minimum atomic E-state index is -0.567. The van der Waals surface area contributed by atoms with Crippen molar-refractivity contribution < 1.29 is 4.79 Å². The maximum absolute atomic E-state index is 11.2. The Bertz CT molecular complexity index is 625. The van der Waals surface area contributed by atoms with Crippen LogP contribution in [0.2, 0.25) is 0 Å². The highest BCUT2D eigenvalue weighted by Gasteiger charge is 2.13. The SMILES string of the molecule is CCc1cnc(C(C)Nc2cc(C(N)=O)c(N)cn2)s1. The predicted octanol–water partition coefficient (Wildman–Crippen LogP) is 1.95. The molecule has 0 saturated heterocycles. The van der Waals surface area contributed by atoms with Gasteiger partial charge in [0.25, 0.3) is 5.91 Å². The number of hydrogen-bond acceptors (Lipinski definition) is 6. The molecule has 20 heavy (non-hydrogen) atoms. The van der Waals surface area contributed by atoms with Crippen LogP contribution in [0.5, 0.6) is 0 Å². The molecule has 2 aromatic heterocycles. The molecular weight excluding hydrogens is 274 g/mol. The molecule has 106 valence electrons. The topological polar surface area (TPSA) is 107 Å².